The van der Waals surface area contributed by atoms with Crippen molar-refractivity contribution in [3.8, 4) is 0 Å². The van der Waals surface area contributed by atoms with Gasteiger partial charge in [0.15, 0.2) is 0 Å². The molecule has 0 spiro atoms. The molecule has 0 aliphatic carbocycles. The first-order chi connectivity index (χ1) is 12.4. The fraction of sp³-hybridized carbons (Fsp3) is 0.300. The number of carbonyl (C=O) groups is 1. The zero-order valence-corrected chi connectivity index (χ0v) is 16.5. The number of halogens is 1. The van der Waals surface area contributed by atoms with Gasteiger partial charge in [-0.1, -0.05) is 29.5 Å². The third kappa shape index (κ3) is 3.05. The van der Waals surface area contributed by atoms with E-state index in [9.17, 15) is 9.18 Å². The van der Waals surface area contributed by atoms with Crippen LogP contribution in [0.3, 0.4) is 0 Å². The summed E-state index contributed by atoms with van der Waals surface area (Å²) in [6.07, 6.45) is 0. The lowest BCUT2D eigenvalue weighted by Gasteiger charge is -2.28. The zero-order chi connectivity index (χ0) is 18.4. The number of aryl methyl sites for hydroxylation is 2. The van der Waals surface area contributed by atoms with Crippen LogP contribution in [0, 0.1) is 25.6 Å². The molecule has 0 aromatic heterocycles. The van der Waals surface area contributed by atoms with Crippen molar-refractivity contribution in [1.82, 2.24) is 5.01 Å². The summed E-state index contributed by atoms with van der Waals surface area (Å²) < 4.78 is 14.0. The van der Waals surface area contributed by atoms with Crippen LogP contribution in [0.5, 0.6) is 0 Å². The van der Waals surface area contributed by atoms with E-state index in [1.165, 1.54) is 29.1 Å². The Kier molecular flexibility index (Phi) is 4.57. The highest BCUT2D eigenvalue weighted by Crippen LogP contribution is 2.44. The van der Waals surface area contributed by atoms with E-state index < -0.39 is 0 Å². The molecule has 2 aromatic rings. The summed E-state index contributed by atoms with van der Waals surface area (Å²) in [6, 6.07) is 11.6. The first-order valence-electron chi connectivity index (χ1n) is 8.49. The Morgan fingerprint density at radius 1 is 1.27 bits per heavy atom. The predicted octanol–water partition coefficient (Wildman–Crippen LogP) is 4.85. The Bertz CT molecular complexity index is 928. The van der Waals surface area contributed by atoms with E-state index in [1.54, 1.807) is 35.8 Å². The number of rotatable bonds is 2. The topological polar surface area (TPSA) is 32.7 Å². The Balaban J connectivity index is 1.70. The van der Waals surface area contributed by atoms with Crippen molar-refractivity contribution in [3.63, 3.8) is 0 Å². The number of carbonyl (C=O) groups excluding carboxylic acids is 1. The molecular formula is C20H19FN2OS2. The Morgan fingerprint density at radius 3 is 2.81 bits per heavy atom. The van der Waals surface area contributed by atoms with Gasteiger partial charge in [0.05, 0.1) is 5.71 Å². The van der Waals surface area contributed by atoms with E-state index in [-0.39, 0.29) is 23.0 Å². The Hall–Kier alpha value is -1.79. The van der Waals surface area contributed by atoms with Crippen LogP contribution in [0.1, 0.15) is 23.6 Å². The van der Waals surface area contributed by atoms with E-state index >= 15 is 0 Å². The summed E-state index contributed by atoms with van der Waals surface area (Å²) in [6.45, 7) is 5.35. The van der Waals surface area contributed by atoms with Crippen molar-refractivity contribution < 1.29 is 9.18 Å². The minimum Gasteiger partial charge on any atom is -0.273 e. The van der Waals surface area contributed by atoms with Crippen LogP contribution in [-0.2, 0) is 4.79 Å². The molecule has 0 N–H and O–H groups in total. The Labute approximate surface area is 161 Å². The van der Waals surface area contributed by atoms with Gasteiger partial charge in [-0.2, -0.15) is 5.10 Å². The molecule has 0 bridgehead atoms. The van der Waals surface area contributed by atoms with Crippen molar-refractivity contribution in [2.24, 2.45) is 11.0 Å². The molecule has 2 aromatic carbocycles. The number of hydrogen-bond donors (Lipinski definition) is 0. The number of amides is 1. The van der Waals surface area contributed by atoms with E-state index in [0.717, 1.165) is 21.9 Å². The minimum absolute atomic E-state index is 0.0869. The fourth-order valence-electron chi connectivity index (χ4n) is 3.28. The lowest BCUT2D eigenvalue weighted by atomic mass is 9.97. The third-order valence-electron chi connectivity index (χ3n) is 4.70. The van der Waals surface area contributed by atoms with Gasteiger partial charge in [-0.25, -0.2) is 9.40 Å². The van der Waals surface area contributed by atoms with Crippen molar-refractivity contribution in [2.45, 2.75) is 35.9 Å². The van der Waals surface area contributed by atoms with Crippen molar-refractivity contribution in [1.29, 1.82) is 0 Å². The summed E-state index contributed by atoms with van der Waals surface area (Å²) in [7, 11) is 0. The lowest BCUT2D eigenvalue weighted by Crippen LogP contribution is -2.35. The summed E-state index contributed by atoms with van der Waals surface area (Å²) in [5.41, 5.74) is 3.90. The maximum Gasteiger partial charge on any atom is 0.240 e. The van der Waals surface area contributed by atoms with Gasteiger partial charge in [-0.05, 0) is 43.7 Å². The van der Waals surface area contributed by atoms with Crippen LogP contribution in [0.25, 0.3) is 0 Å². The van der Waals surface area contributed by atoms with Crippen LogP contribution in [0.2, 0.25) is 0 Å². The van der Waals surface area contributed by atoms with E-state index in [0.29, 0.717) is 5.56 Å². The fourth-order valence-corrected chi connectivity index (χ4v) is 5.87. The maximum atomic E-state index is 14.0. The predicted molar refractivity (Wildman–Crippen MR) is 105 cm³/mol. The molecule has 26 heavy (non-hydrogen) atoms. The molecule has 2 atom stereocenters. The van der Waals surface area contributed by atoms with Gasteiger partial charge in [0.25, 0.3) is 0 Å². The normalized spacial score (nSPS) is 21.2. The van der Waals surface area contributed by atoms with Gasteiger partial charge in [0.1, 0.15) is 11.2 Å². The van der Waals surface area contributed by atoms with Crippen molar-refractivity contribution >= 4 is 35.1 Å². The Morgan fingerprint density at radius 2 is 2.08 bits per heavy atom. The largest absolute Gasteiger partial charge is 0.273 e. The maximum absolute atomic E-state index is 14.0. The number of benzene rings is 2. The van der Waals surface area contributed by atoms with Crippen LogP contribution in [0.4, 0.5) is 4.39 Å². The minimum atomic E-state index is -0.220. The molecule has 2 heterocycles. The molecule has 6 heteroatoms. The van der Waals surface area contributed by atoms with Gasteiger partial charge in [0, 0.05) is 33.9 Å². The average molecular weight is 387 g/mol. The first-order valence-corrected chi connectivity index (χ1v) is 10.4. The second-order valence-electron chi connectivity index (χ2n) is 6.69. The second kappa shape index (κ2) is 6.74. The van der Waals surface area contributed by atoms with Gasteiger partial charge < -0.3 is 0 Å². The van der Waals surface area contributed by atoms with Crippen molar-refractivity contribution in [2.75, 3.05) is 5.75 Å². The number of thioether (sulfide) groups is 2. The monoisotopic (exact) mass is 386 g/mol. The summed E-state index contributed by atoms with van der Waals surface area (Å²) in [4.78, 5) is 14.2. The molecule has 134 valence electrons. The average Bonchev–Trinajstić information content (AvgIpc) is 2.97. The molecule has 0 fully saturated rings. The second-order valence-corrected chi connectivity index (χ2v) is 8.94. The molecule has 0 radical (unpaired) electrons. The van der Waals surface area contributed by atoms with Crippen molar-refractivity contribution in [3.05, 3.63) is 58.9 Å². The SMILES string of the molecule is CC(=O)N1N=C2c3cc(C)ccc3SC[C@@H]2[C@@H]1Sc1ccc(C)c(F)c1. The lowest BCUT2D eigenvalue weighted by molar-refractivity contribution is -0.129. The van der Waals surface area contributed by atoms with Crippen LogP contribution >= 0.6 is 23.5 Å². The molecular weight excluding hydrogens is 367 g/mol. The summed E-state index contributed by atoms with van der Waals surface area (Å²) >= 11 is 3.31. The molecule has 3 nitrogen and oxygen atoms in total. The zero-order valence-electron chi connectivity index (χ0n) is 14.8. The van der Waals surface area contributed by atoms with Gasteiger partial charge in [-0.3, -0.25) is 4.79 Å². The molecule has 4 rings (SSSR count). The van der Waals surface area contributed by atoms with E-state index in [1.807, 2.05) is 6.07 Å². The smallest absolute Gasteiger partial charge is 0.240 e. The number of fused-ring (bicyclic) bond motifs is 3. The van der Waals surface area contributed by atoms with Crippen LogP contribution < -0.4 is 0 Å². The molecule has 0 saturated carbocycles. The van der Waals surface area contributed by atoms with Gasteiger partial charge in [-0.15, -0.1) is 11.8 Å². The molecule has 1 amide bonds. The van der Waals surface area contributed by atoms with Crippen LogP contribution in [-0.4, -0.2) is 27.8 Å². The first kappa shape index (κ1) is 17.6. The molecule has 2 aliphatic rings. The number of nitrogens with zero attached hydrogens (tertiary/aromatic N) is 2. The quantitative estimate of drug-likeness (QED) is 0.740. The highest BCUT2D eigenvalue weighted by Gasteiger charge is 2.43. The van der Waals surface area contributed by atoms with Gasteiger partial charge in [0.2, 0.25) is 5.91 Å². The standard InChI is InChI=1S/C20H19FN2OS2/c1-11-4-7-18-15(8-11)19-16(10-25-18)20(23(22-19)13(3)24)26-14-6-5-12(2)17(21)9-14/h4-9,16,20H,10H2,1-3H3/t16-,20-/m0/s1. The van der Waals surface area contributed by atoms with E-state index in [4.69, 9.17) is 0 Å². The summed E-state index contributed by atoms with van der Waals surface area (Å²) in [5, 5.41) is 6.10. The molecule has 2 aliphatic heterocycles. The summed E-state index contributed by atoms with van der Waals surface area (Å²) in [5.74, 6) is 0.691. The van der Waals surface area contributed by atoms with Gasteiger partial charge >= 0.3 is 0 Å². The molecule has 0 saturated heterocycles. The van der Waals surface area contributed by atoms with Crippen LogP contribution in [0.15, 0.2) is 51.3 Å². The number of hydrazone groups is 1. The highest BCUT2D eigenvalue weighted by atomic mass is 32.2. The third-order valence-corrected chi connectivity index (χ3v) is 7.19. The highest BCUT2D eigenvalue weighted by molar-refractivity contribution is 8.00. The molecule has 0 unspecified atom stereocenters. The van der Waals surface area contributed by atoms with E-state index in [2.05, 4.69) is 30.2 Å². The number of hydrogen-bond acceptors (Lipinski definition) is 4.